The third kappa shape index (κ3) is 4.37. The van der Waals surface area contributed by atoms with Crippen LogP contribution in [-0.2, 0) is 4.74 Å². The number of aromatic nitrogens is 5. The van der Waals surface area contributed by atoms with E-state index < -0.39 is 12.7 Å². The highest BCUT2D eigenvalue weighted by molar-refractivity contribution is 7.98. The highest BCUT2D eigenvalue weighted by Gasteiger charge is 2.28. The zero-order chi connectivity index (χ0) is 23.8. The first-order valence-electron chi connectivity index (χ1n) is 10.9. The van der Waals surface area contributed by atoms with Gasteiger partial charge in [-0.3, -0.25) is 4.57 Å². The Morgan fingerprint density at radius 3 is 2.71 bits per heavy atom. The number of hydrogen-bond donors (Lipinski definition) is 1. The molecule has 0 amide bonds. The van der Waals surface area contributed by atoms with Crippen LogP contribution in [0.2, 0.25) is 5.15 Å². The van der Waals surface area contributed by atoms with Crippen molar-refractivity contribution < 1.29 is 13.5 Å². The van der Waals surface area contributed by atoms with Gasteiger partial charge in [0.1, 0.15) is 16.9 Å². The Balaban J connectivity index is 1.58. The molecule has 1 aliphatic heterocycles. The summed E-state index contributed by atoms with van der Waals surface area (Å²) >= 11 is 7.89. The van der Waals surface area contributed by atoms with Gasteiger partial charge in [0.15, 0.2) is 11.5 Å². The van der Waals surface area contributed by atoms with Gasteiger partial charge in [-0.2, -0.15) is 5.10 Å². The summed E-state index contributed by atoms with van der Waals surface area (Å²) in [5.74, 6) is -0.366. The second-order valence-electron chi connectivity index (χ2n) is 8.04. The minimum atomic E-state index is -2.77. The second-order valence-corrected chi connectivity index (χ2v) is 9.27. The number of ether oxygens (including phenoxy) is 1. The van der Waals surface area contributed by atoms with Crippen molar-refractivity contribution in [1.82, 2.24) is 24.3 Å². The average molecular weight is 505 g/mol. The molecule has 0 bridgehead atoms. The van der Waals surface area contributed by atoms with E-state index in [1.165, 1.54) is 4.57 Å². The van der Waals surface area contributed by atoms with Gasteiger partial charge in [-0.05, 0) is 56.7 Å². The van der Waals surface area contributed by atoms with Crippen LogP contribution in [0.1, 0.15) is 43.4 Å². The highest BCUT2D eigenvalue weighted by atomic mass is 35.5. The van der Waals surface area contributed by atoms with E-state index in [1.54, 1.807) is 22.5 Å². The lowest BCUT2D eigenvalue weighted by Crippen LogP contribution is -2.20. The molecule has 1 aliphatic rings. The molecule has 0 radical (unpaired) electrons. The fourth-order valence-corrected chi connectivity index (χ4v) is 4.91. The monoisotopic (exact) mass is 504 g/mol. The number of alkyl halides is 2. The molecule has 1 saturated heterocycles. The number of benzene rings is 1. The summed E-state index contributed by atoms with van der Waals surface area (Å²) in [6.07, 6.45) is 2.97. The molecule has 1 aromatic carbocycles. The zero-order valence-corrected chi connectivity index (χ0v) is 20.2. The predicted molar refractivity (Wildman–Crippen MR) is 130 cm³/mol. The van der Waals surface area contributed by atoms with Crippen LogP contribution in [0.5, 0.6) is 0 Å². The molecule has 1 unspecified atom stereocenters. The molecule has 1 fully saturated rings. The third-order valence-electron chi connectivity index (χ3n) is 5.72. The fourth-order valence-electron chi connectivity index (χ4n) is 4.14. The SMILES string of the molecule is CSc1cc(-n2ccc(C)n2)ccc1Nc1cc(Cl)nc2c1nc(C(F)F)n2C1CCCCO1. The van der Waals surface area contributed by atoms with Crippen LogP contribution in [0.4, 0.5) is 20.2 Å². The molecule has 178 valence electrons. The van der Waals surface area contributed by atoms with Gasteiger partial charge < -0.3 is 10.1 Å². The normalized spacial score (nSPS) is 16.5. The van der Waals surface area contributed by atoms with Crippen molar-refractivity contribution in [3.05, 3.63) is 53.2 Å². The second kappa shape index (κ2) is 9.52. The Hall–Kier alpha value is -2.69. The van der Waals surface area contributed by atoms with E-state index in [4.69, 9.17) is 16.3 Å². The van der Waals surface area contributed by atoms with Crippen LogP contribution in [0.15, 0.2) is 41.4 Å². The fraction of sp³-hybridized carbons (Fsp3) is 0.348. The van der Waals surface area contributed by atoms with E-state index in [-0.39, 0.29) is 16.6 Å². The van der Waals surface area contributed by atoms with Crippen molar-refractivity contribution in [2.75, 3.05) is 18.2 Å². The standard InChI is InChI=1S/C23H23ClF2N6OS/c1-13-8-9-31(30-13)14-6-7-15(17(11-14)34-2)27-16-12-18(24)28-22-20(16)29-23(21(25)26)32(22)19-5-3-4-10-33-19/h6-9,11-12,19,21H,3-5,10H2,1-2H3,(H,27,28). The Labute approximate surface area is 204 Å². The van der Waals surface area contributed by atoms with Crippen molar-refractivity contribution in [1.29, 1.82) is 0 Å². The number of halogens is 3. The molecule has 7 nitrogen and oxygen atoms in total. The topological polar surface area (TPSA) is 69.8 Å². The van der Waals surface area contributed by atoms with Crippen LogP contribution in [0.25, 0.3) is 16.9 Å². The molecule has 5 rings (SSSR count). The molecule has 11 heteroatoms. The molecule has 4 heterocycles. The van der Waals surface area contributed by atoms with E-state index in [2.05, 4.69) is 20.4 Å². The number of fused-ring (bicyclic) bond motifs is 1. The van der Waals surface area contributed by atoms with Gasteiger partial charge in [-0.15, -0.1) is 11.8 Å². The van der Waals surface area contributed by atoms with Crippen LogP contribution < -0.4 is 5.32 Å². The lowest BCUT2D eigenvalue weighted by Gasteiger charge is -2.25. The summed E-state index contributed by atoms with van der Waals surface area (Å²) in [5, 5.41) is 7.98. The van der Waals surface area contributed by atoms with Gasteiger partial charge in [-0.1, -0.05) is 11.6 Å². The smallest absolute Gasteiger partial charge is 0.295 e. The van der Waals surface area contributed by atoms with Crippen LogP contribution >= 0.6 is 23.4 Å². The molecule has 0 aliphatic carbocycles. The molecule has 4 aromatic rings. The third-order valence-corrected chi connectivity index (χ3v) is 6.70. The summed E-state index contributed by atoms with van der Waals surface area (Å²) in [6.45, 7) is 2.45. The van der Waals surface area contributed by atoms with E-state index in [0.717, 1.165) is 34.8 Å². The first-order valence-corrected chi connectivity index (χ1v) is 12.5. The van der Waals surface area contributed by atoms with Crippen LogP contribution in [0.3, 0.4) is 0 Å². The Kier molecular flexibility index (Phi) is 6.46. The Morgan fingerprint density at radius 2 is 2.03 bits per heavy atom. The number of imidazole rings is 1. The lowest BCUT2D eigenvalue weighted by atomic mass is 10.2. The van der Waals surface area contributed by atoms with Crippen molar-refractivity contribution >= 4 is 45.9 Å². The number of anilines is 2. The number of pyridine rings is 1. The van der Waals surface area contributed by atoms with E-state index in [0.29, 0.717) is 24.2 Å². The van der Waals surface area contributed by atoms with Gasteiger partial charge in [-0.25, -0.2) is 23.4 Å². The predicted octanol–water partition coefficient (Wildman–Crippen LogP) is 6.68. The van der Waals surface area contributed by atoms with E-state index in [9.17, 15) is 8.78 Å². The minimum Gasteiger partial charge on any atom is -0.358 e. The molecule has 0 spiro atoms. The van der Waals surface area contributed by atoms with Gasteiger partial charge >= 0.3 is 0 Å². The minimum absolute atomic E-state index is 0.183. The molecule has 1 N–H and O–H groups in total. The summed E-state index contributed by atoms with van der Waals surface area (Å²) < 4.78 is 36.9. The van der Waals surface area contributed by atoms with Gasteiger partial charge in [0.25, 0.3) is 6.43 Å². The van der Waals surface area contributed by atoms with Crippen LogP contribution in [-0.4, -0.2) is 37.2 Å². The number of thioether (sulfide) groups is 1. The quantitative estimate of drug-likeness (QED) is 0.233. The van der Waals surface area contributed by atoms with Gasteiger partial charge in [0.05, 0.1) is 22.8 Å². The van der Waals surface area contributed by atoms with E-state index >= 15 is 0 Å². The maximum absolute atomic E-state index is 14.0. The van der Waals surface area contributed by atoms with Crippen molar-refractivity contribution in [3.63, 3.8) is 0 Å². The molecule has 34 heavy (non-hydrogen) atoms. The van der Waals surface area contributed by atoms with Gasteiger partial charge in [0, 0.05) is 23.8 Å². The maximum Gasteiger partial charge on any atom is 0.295 e. The Bertz CT molecular complexity index is 1330. The first-order chi connectivity index (χ1) is 16.4. The average Bonchev–Trinajstić information content (AvgIpc) is 3.44. The number of nitrogens with zero attached hydrogens (tertiary/aromatic N) is 5. The molecular weight excluding hydrogens is 482 g/mol. The highest BCUT2D eigenvalue weighted by Crippen LogP contribution is 2.37. The number of rotatable bonds is 6. The summed E-state index contributed by atoms with van der Waals surface area (Å²) in [7, 11) is 0. The van der Waals surface area contributed by atoms with Crippen LogP contribution in [0, 0.1) is 6.92 Å². The summed E-state index contributed by atoms with van der Waals surface area (Å²) in [4.78, 5) is 9.58. The van der Waals surface area contributed by atoms with Gasteiger partial charge in [0.2, 0.25) is 0 Å². The first kappa shape index (κ1) is 23.1. The Morgan fingerprint density at radius 1 is 1.18 bits per heavy atom. The molecule has 0 saturated carbocycles. The molecular formula is C23H23ClF2N6OS. The van der Waals surface area contributed by atoms with Crippen molar-refractivity contribution in [2.24, 2.45) is 0 Å². The largest absolute Gasteiger partial charge is 0.358 e. The number of aryl methyl sites for hydroxylation is 1. The zero-order valence-electron chi connectivity index (χ0n) is 18.6. The summed E-state index contributed by atoms with van der Waals surface area (Å²) in [5.41, 5.74) is 3.75. The lowest BCUT2D eigenvalue weighted by molar-refractivity contribution is -0.0363. The van der Waals surface area contributed by atoms with Crippen molar-refractivity contribution in [3.8, 4) is 5.69 Å². The van der Waals surface area contributed by atoms with Crippen molar-refractivity contribution in [2.45, 2.75) is 43.7 Å². The maximum atomic E-state index is 14.0. The number of nitrogens with one attached hydrogen (secondary N) is 1. The van der Waals surface area contributed by atoms with E-state index in [1.807, 2.05) is 43.6 Å². The molecule has 1 atom stereocenters. The molecule has 3 aromatic heterocycles. The number of hydrogen-bond acceptors (Lipinski definition) is 6. The summed E-state index contributed by atoms with van der Waals surface area (Å²) in [6, 6.07) is 9.42.